The Morgan fingerprint density at radius 3 is 2.00 bits per heavy atom. The summed E-state index contributed by atoms with van der Waals surface area (Å²) in [5, 5.41) is 9.01. The smallest absolute Gasteiger partial charge is 0.421 e. The van der Waals surface area contributed by atoms with Gasteiger partial charge in [0.15, 0.2) is 0 Å². The third-order valence-corrected chi connectivity index (χ3v) is 2.27. The summed E-state index contributed by atoms with van der Waals surface area (Å²) in [7, 11) is 0. The second-order valence-corrected chi connectivity index (χ2v) is 4.43. The molecular weight excluding hydrogens is 222 g/mol. The molecule has 0 aromatic heterocycles. The van der Waals surface area contributed by atoms with Gasteiger partial charge in [-0.15, -0.1) is 0 Å². The predicted octanol–water partition coefficient (Wildman–Crippen LogP) is 1.05. The van der Waals surface area contributed by atoms with Gasteiger partial charge in [-0.05, 0) is 11.8 Å². The molecule has 0 saturated heterocycles. The van der Waals surface area contributed by atoms with Crippen LogP contribution in [0.2, 0.25) is 0 Å². The fourth-order valence-electron chi connectivity index (χ4n) is 0.878. The Morgan fingerprint density at radius 1 is 1.41 bits per heavy atom. The molecule has 0 aliphatic heterocycles. The lowest BCUT2D eigenvalue weighted by Gasteiger charge is -2.13. The van der Waals surface area contributed by atoms with Crippen LogP contribution >= 0.6 is 0 Å². The van der Waals surface area contributed by atoms with Crippen molar-refractivity contribution < 1.29 is 14.7 Å². The van der Waals surface area contributed by atoms with Gasteiger partial charge in [-0.3, -0.25) is 0 Å². The van der Waals surface area contributed by atoms with Crippen molar-refractivity contribution in [1.82, 2.24) is 5.01 Å². The van der Waals surface area contributed by atoms with Gasteiger partial charge < -0.3 is 15.6 Å². The van der Waals surface area contributed by atoms with Crippen molar-refractivity contribution in [2.45, 2.75) is 40.2 Å². The minimum Gasteiger partial charge on any atom is -0.464 e. The molecule has 5 N–H and O–H groups in total. The molecule has 0 rings (SSSR count). The van der Waals surface area contributed by atoms with E-state index in [4.69, 9.17) is 16.7 Å². The molecule has 0 spiro atoms. The topological polar surface area (TPSA) is 110 Å². The summed E-state index contributed by atoms with van der Waals surface area (Å²) in [6.45, 7) is 8.19. The second-order valence-electron chi connectivity index (χ2n) is 4.43. The highest BCUT2D eigenvalue weighted by Gasteiger charge is 2.07. The first-order chi connectivity index (χ1) is 7.76. The number of aldehydes is 1. The molecule has 0 aliphatic carbocycles. The third-order valence-electron chi connectivity index (χ3n) is 2.27. The number of amides is 1. The molecule has 1 amide bonds. The molecule has 0 aromatic rings. The number of carbonyl (C=O) groups is 2. The molecule has 6 nitrogen and oxygen atoms in total. The van der Waals surface area contributed by atoms with E-state index in [1.54, 1.807) is 0 Å². The molecule has 17 heavy (non-hydrogen) atoms. The Hall–Kier alpha value is -1.14. The number of hydrogen-bond donors (Lipinski definition) is 3. The van der Waals surface area contributed by atoms with Crippen molar-refractivity contribution in [2.24, 2.45) is 23.4 Å². The van der Waals surface area contributed by atoms with Crippen molar-refractivity contribution in [2.75, 3.05) is 6.54 Å². The van der Waals surface area contributed by atoms with Crippen LogP contribution in [0.5, 0.6) is 0 Å². The van der Waals surface area contributed by atoms with Crippen LogP contribution in [0.1, 0.15) is 34.1 Å². The number of nitrogens with two attached hydrogens (primary N) is 2. The van der Waals surface area contributed by atoms with Crippen LogP contribution in [0, 0.1) is 11.8 Å². The summed E-state index contributed by atoms with van der Waals surface area (Å²) in [4.78, 5) is 20.0. The highest BCUT2D eigenvalue weighted by Crippen LogP contribution is 2.01. The molecule has 0 heterocycles. The van der Waals surface area contributed by atoms with Crippen LogP contribution in [0.3, 0.4) is 0 Å². The molecular formula is C11H25N3O3. The van der Waals surface area contributed by atoms with E-state index in [1.165, 1.54) is 0 Å². The average molecular weight is 247 g/mol. The zero-order chi connectivity index (χ0) is 14.0. The highest BCUT2D eigenvalue weighted by atomic mass is 16.4. The molecule has 0 fully saturated rings. The number of carboxylic acid groups (broad SMARTS) is 1. The van der Waals surface area contributed by atoms with Crippen molar-refractivity contribution in [3.8, 4) is 0 Å². The Labute approximate surface area is 103 Å². The van der Waals surface area contributed by atoms with Crippen molar-refractivity contribution in [3.05, 3.63) is 0 Å². The molecule has 0 saturated carbocycles. The monoisotopic (exact) mass is 247 g/mol. The first-order valence-corrected chi connectivity index (χ1v) is 5.72. The molecule has 0 aromatic carbocycles. The number of hydrogen-bond acceptors (Lipinski definition) is 4. The number of nitrogens with zero attached hydrogens (tertiary/aromatic N) is 1. The number of carbonyl (C=O) groups excluding carboxylic acids is 1. The Kier molecular flexibility index (Phi) is 10.8. The Bertz CT molecular complexity index is 222. The Balaban J connectivity index is 0. The molecule has 102 valence electrons. The first-order valence-electron chi connectivity index (χ1n) is 5.72. The summed E-state index contributed by atoms with van der Waals surface area (Å²) in [6, 6.07) is -0.264. The number of hydrazine groups is 1. The zero-order valence-corrected chi connectivity index (χ0v) is 11.1. The molecule has 6 heteroatoms. The van der Waals surface area contributed by atoms with Crippen LogP contribution in [0.15, 0.2) is 0 Å². The molecule has 0 aliphatic rings. The van der Waals surface area contributed by atoms with E-state index >= 15 is 0 Å². The van der Waals surface area contributed by atoms with Crippen LogP contribution in [-0.4, -0.2) is 35.1 Å². The van der Waals surface area contributed by atoms with Crippen molar-refractivity contribution >= 4 is 12.4 Å². The third kappa shape index (κ3) is 11.1. The summed E-state index contributed by atoms with van der Waals surface area (Å²) in [5.74, 6) is 5.66. The largest absolute Gasteiger partial charge is 0.464 e. The van der Waals surface area contributed by atoms with E-state index in [1.807, 2.05) is 27.7 Å². The molecule has 0 bridgehead atoms. The zero-order valence-electron chi connectivity index (χ0n) is 11.1. The standard InChI is InChI=1S/C6H13NO.C5H12N2O2/c1-3-5(2)6(7)4-8;1-4(2)3-7(6)5(8)9/h4-6H,3,7H2,1-2H3;4H,3,6H2,1-2H3,(H,8,9)/t5-,6+;/m0./s1. The lowest BCUT2D eigenvalue weighted by atomic mass is 10.0. The average Bonchev–Trinajstić information content (AvgIpc) is 2.26. The second kappa shape index (κ2) is 10.0. The van der Waals surface area contributed by atoms with Crippen LogP contribution in [0.25, 0.3) is 0 Å². The van der Waals surface area contributed by atoms with E-state index in [-0.39, 0.29) is 12.0 Å². The van der Waals surface area contributed by atoms with E-state index in [2.05, 4.69) is 0 Å². The van der Waals surface area contributed by atoms with E-state index in [0.29, 0.717) is 12.5 Å². The van der Waals surface area contributed by atoms with E-state index in [9.17, 15) is 9.59 Å². The lowest BCUT2D eigenvalue weighted by molar-refractivity contribution is -0.109. The summed E-state index contributed by atoms with van der Waals surface area (Å²) >= 11 is 0. The van der Waals surface area contributed by atoms with E-state index < -0.39 is 6.09 Å². The van der Waals surface area contributed by atoms with Crippen LogP contribution in [0.4, 0.5) is 4.79 Å². The maximum atomic E-state index is 10.0. The molecule has 0 unspecified atom stereocenters. The van der Waals surface area contributed by atoms with Gasteiger partial charge in [0.05, 0.1) is 6.04 Å². The fraction of sp³-hybridized carbons (Fsp3) is 0.818. The predicted molar refractivity (Wildman–Crippen MR) is 67.3 cm³/mol. The summed E-state index contributed by atoms with van der Waals surface area (Å²) in [6.07, 6.45) is 0.692. The lowest BCUT2D eigenvalue weighted by Crippen LogP contribution is -2.38. The SMILES string of the molecule is CC(C)CN(N)C(=O)O.CC[C@H](C)[C@H](N)C=O. The number of rotatable bonds is 5. The molecule has 2 atom stereocenters. The summed E-state index contributed by atoms with van der Waals surface area (Å²) in [5.41, 5.74) is 5.36. The van der Waals surface area contributed by atoms with Crippen LogP contribution in [-0.2, 0) is 4.79 Å². The van der Waals surface area contributed by atoms with Gasteiger partial charge in [0.2, 0.25) is 0 Å². The van der Waals surface area contributed by atoms with Gasteiger partial charge >= 0.3 is 6.09 Å². The first kappa shape index (κ1) is 18.2. The van der Waals surface area contributed by atoms with Crippen LogP contribution < -0.4 is 11.6 Å². The molecule has 0 radical (unpaired) electrons. The van der Waals surface area contributed by atoms with Gasteiger partial charge in [-0.1, -0.05) is 34.1 Å². The fourth-order valence-corrected chi connectivity index (χ4v) is 0.878. The van der Waals surface area contributed by atoms with Gasteiger partial charge in [0.1, 0.15) is 6.29 Å². The minimum atomic E-state index is -1.08. The van der Waals surface area contributed by atoms with Crippen molar-refractivity contribution in [3.63, 3.8) is 0 Å². The minimum absolute atomic E-state index is 0.264. The maximum Gasteiger partial charge on any atom is 0.421 e. The summed E-state index contributed by atoms with van der Waals surface area (Å²) < 4.78 is 0. The maximum absolute atomic E-state index is 10.0. The quantitative estimate of drug-likeness (QED) is 0.291. The van der Waals surface area contributed by atoms with Gasteiger partial charge in [-0.2, -0.15) is 0 Å². The van der Waals surface area contributed by atoms with Crippen molar-refractivity contribution in [1.29, 1.82) is 0 Å². The normalized spacial score (nSPS) is 13.4. The highest BCUT2D eigenvalue weighted by molar-refractivity contribution is 5.63. The van der Waals surface area contributed by atoms with Gasteiger partial charge in [-0.25, -0.2) is 15.6 Å². The van der Waals surface area contributed by atoms with Gasteiger partial charge in [0, 0.05) is 6.54 Å². The van der Waals surface area contributed by atoms with Gasteiger partial charge in [0.25, 0.3) is 0 Å². The Morgan fingerprint density at radius 2 is 1.88 bits per heavy atom. The van der Waals surface area contributed by atoms with E-state index in [0.717, 1.165) is 17.7 Å².